The Hall–Kier alpha value is -1.72. The number of nitrogens with zero attached hydrogens (tertiary/aromatic N) is 1. The molecule has 2 rings (SSSR count). The van der Waals surface area contributed by atoms with Gasteiger partial charge in [-0.3, -0.25) is 4.79 Å². The summed E-state index contributed by atoms with van der Waals surface area (Å²) in [4.78, 5) is 11.5. The van der Waals surface area contributed by atoms with Crippen molar-refractivity contribution in [3.8, 4) is 11.3 Å². The predicted octanol–water partition coefficient (Wildman–Crippen LogP) is 2.79. The summed E-state index contributed by atoms with van der Waals surface area (Å²) in [6, 6.07) is 11.7. The first-order valence-corrected chi connectivity index (χ1v) is 6.46. The van der Waals surface area contributed by atoms with Gasteiger partial charge in [0.1, 0.15) is 11.6 Å². The Morgan fingerprint density at radius 2 is 2.17 bits per heavy atom. The molecule has 0 atom stereocenters. The minimum Gasteiger partial charge on any atom is -0.372 e. The van der Waals surface area contributed by atoms with Crippen LogP contribution in [0.15, 0.2) is 36.4 Å². The maximum atomic E-state index is 11.5. The fourth-order valence-electron chi connectivity index (χ4n) is 1.45. The standard InChI is InChI=1S/C13H14N2O2S/c1-2-17-9-12(16)14-13-8-11(15-18-13)10-6-4-3-5-7-10/h3-8H,2,9H2,1H3,(H,14,16). The number of benzene rings is 1. The molecule has 1 N–H and O–H groups in total. The van der Waals surface area contributed by atoms with E-state index in [1.165, 1.54) is 11.5 Å². The molecular formula is C13H14N2O2S. The number of amides is 1. The minimum absolute atomic E-state index is 0.0784. The van der Waals surface area contributed by atoms with Gasteiger partial charge in [-0.2, -0.15) is 4.37 Å². The van der Waals surface area contributed by atoms with Crippen LogP contribution in [0.25, 0.3) is 11.3 Å². The van der Waals surface area contributed by atoms with E-state index in [2.05, 4.69) is 9.69 Å². The predicted molar refractivity (Wildman–Crippen MR) is 72.7 cm³/mol. The van der Waals surface area contributed by atoms with Crippen LogP contribution in [-0.4, -0.2) is 23.5 Å². The number of hydrogen-bond donors (Lipinski definition) is 1. The van der Waals surface area contributed by atoms with Gasteiger partial charge in [0.25, 0.3) is 5.91 Å². The van der Waals surface area contributed by atoms with Gasteiger partial charge in [0.05, 0.1) is 5.69 Å². The Kier molecular flexibility index (Phi) is 4.44. The van der Waals surface area contributed by atoms with Crippen molar-refractivity contribution in [2.45, 2.75) is 6.92 Å². The molecule has 0 spiro atoms. The molecule has 94 valence electrons. The second-order valence-electron chi connectivity index (χ2n) is 3.63. The Balaban J connectivity index is 2.00. The van der Waals surface area contributed by atoms with Crippen molar-refractivity contribution in [2.75, 3.05) is 18.5 Å². The molecule has 0 aliphatic carbocycles. The molecular weight excluding hydrogens is 248 g/mol. The van der Waals surface area contributed by atoms with Gasteiger partial charge >= 0.3 is 0 Å². The summed E-state index contributed by atoms with van der Waals surface area (Å²) in [5, 5.41) is 3.49. The Morgan fingerprint density at radius 3 is 2.89 bits per heavy atom. The fraction of sp³-hybridized carbons (Fsp3) is 0.231. The van der Waals surface area contributed by atoms with Gasteiger partial charge in [-0.15, -0.1) is 0 Å². The number of anilines is 1. The Labute approximate surface area is 110 Å². The van der Waals surface area contributed by atoms with Gasteiger partial charge in [-0.25, -0.2) is 0 Å². The molecule has 18 heavy (non-hydrogen) atoms. The SMILES string of the molecule is CCOCC(=O)Nc1cc(-c2ccccc2)ns1. The normalized spacial score (nSPS) is 10.3. The summed E-state index contributed by atoms with van der Waals surface area (Å²) in [7, 11) is 0. The van der Waals surface area contributed by atoms with E-state index in [1.54, 1.807) is 0 Å². The number of carbonyl (C=O) groups excluding carboxylic acids is 1. The van der Waals surface area contributed by atoms with Crippen molar-refractivity contribution in [3.05, 3.63) is 36.4 Å². The molecule has 2 aromatic rings. The highest BCUT2D eigenvalue weighted by atomic mass is 32.1. The van der Waals surface area contributed by atoms with E-state index in [0.29, 0.717) is 6.61 Å². The maximum absolute atomic E-state index is 11.5. The summed E-state index contributed by atoms with van der Waals surface area (Å²) in [6.45, 7) is 2.47. The molecule has 0 radical (unpaired) electrons. The van der Waals surface area contributed by atoms with Gasteiger partial charge < -0.3 is 10.1 Å². The van der Waals surface area contributed by atoms with E-state index in [-0.39, 0.29) is 12.5 Å². The molecule has 1 aromatic heterocycles. The number of ether oxygens (including phenoxy) is 1. The van der Waals surface area contributed by atoms with Crippen molar-refractivity contribution in [1.29, 1.82) is 0 Å². The van der Waals surface area contributed by atoms with Crippen molar-refractivity contribution < 1.29 is 9.53 Å². The molecule has 5 heteroatoms. The van der Waals surface area contributed by atoms with Crippen LogP contribution in [0, 0.1) is 0 Å². The van der Waals surface area contributed by atoms with Crippen molar-refractivity contribution >= 4 is 22.4 Å². The molecule has 0 aliphatic heterocycles. The van der Waals surface area contributed by atoms with Crippen LogP contribution in [0.4, 0.5) is 5.00 Å². The lowest BCUT2D eigenvalue weighted by Gasteiger charge is -2.00. The number of aromatic nitrogens is 1. The van der Waals surface area contributed by atoms with E-state index in [4.69, 9.17) is 4.74 Å². The zero-order valence-electron chi connectivity index (χ0n) is 10.1. The Morgan fingerprint density at radius 1 is 1.39 bits per heavy atom. The summed E-state index contributed by atoms with van der Waals surface area (Å²) in [5.74, 6) is -0.153. The summed E-state index contributed by atoms with van der Waals surface area (Å²) < 4.78 is 9.34. The van der Waals surface area contributed by atoms with Crippen LogP contribution in [-0.2, 0) is 9.53 Å². The van der Waals surface area contributed by atoms with Gasteiger partial charge in [0, 0.05) is 18.2 Å². The molecule has 1 amide bonds. The second-order valence-corrected chi connectivity index (χ2v) is 4.43. The molecule has 0 saturated heterocycles. The topological polar surface area (TPSA) is 51.2 Å². The van der Waals surface area contributed by atoms with Gasteiger partial charge in [-0.05, 0) is 18.5 Å². The summed E-state index contributed by atoms with van der Waals surface area (Å²) >= 11 is 1.27. The van der Waals surface area contributed by atoms with E-state index < -0.39 is 0 Å². The average Bonchev–Trinajstić information content (AvgIpc) is 2.86. The molecule has 0 saturated carbocycles. The van der Waals surface area contributed by atoms with Crippen LogP contribution in [0.5, 0.6) is 0 Å². The lowest BCUT2D eigenvalue weighted by Crippen LogP contribution is -2.17. The third kappa shape index (κ3) is 3.38. The van der Waals surface area contributed by atoms with Crippen LogP contribution < -0.4 is 5.32 Å². The molecule has 0 aliphatic rings. The average molecular weight is 262 g/mol. The lowest BCUT2D eigenvalue weighted by atomic mass is 10.2. The number of carbonyl (C=O) groups is 1. The zero-order valence-corrected chi connectivity index (χ0v) is 10.9. The molecule has 0 fully saturated rings. The third-order valence-electron chi connectivity index (χ3n) is 2.28. The second kappa shape index (κ2) is 6.28. The molecule has 0 bridgehead atoms. The monoisotopic (exact) mass is 262 g/mol. The first-order chi connectivity index (χ1) is 8.79. The van der Waals surface area contributed by atoms with E-state index in [9.17, 15) is 4.79 Å². The van der Waals surface area contributed by atoms with Crippen LogP contribution in [0.2, 0.25) is 0 Å². The lowest BCUT2D eigenvalue weighted by molar-refractivity contribution is -0.120. The fourth-order valence-corrected chi connectivity index (χ4v) is 2.13. The quantitative estimate of drug-likeness (QED) is 0.901. The number of nitrogens with one attached hydrogen (secondary N) is 1. The van der Waals surface area contributed by atoms with Crippen LogP contribution >= 0.6 is 11.5 Å². The largest absolute Gasteiger partial charge is 0.372 e. The van der Waals surface area contributed by atoms with Crippen molar-refractivity contribution in [2.24, 2.45) is 0 Å². The molecule has 1 aromatic carbocycles. The Bertz CT molecular complexity index is 511. The maximum Gasteiger partial charge on any atom is 0.251 e. The summed E-state index contributed by atoms with van der Waals surface area (Å²) in [5.41, 5.74) is 1.91. The highest BCUT2D eigenvalue weighted by Crippen LogP contribution is 2.24. The minimum atomic E-state index is -0.153. The first kappa shape index (κ1) is 12.7. The number of hydrogen-bond acceptors (Lipinski definition) is 4. The van der Waals surface area contributed by atoms with E-state index in [0.717, 1.165) is 16.3 Å². The van der Waals surface area contributed by atoms with Crippen LogP contribution in [0.1, 0.15) is 6.92 Å². The van der Waals surface area contributed by atoms with E-state index in [1.807, 2.05) is 43.3 Å². The van der Waals surface area contributed by atoms with Crippen LogP contribution in [0.3, 0.4) is 0 Å². The zero-order chi connectivity index (χ0) is 12.8. The molecule has 4 nitrogen and oxygen atoms in total. The molecule has 1 heterocycles. The smallest absolute Gasteiger partial charge is 0.251 e. The van der Waals surface area contributed by atoms with Crippen molar-refractivity contribution in [1.82, 2.24) is 4.37 Å². The first-order valence-electron chi connectivity index (χ1n) is 5.69. The van der Waals surface area contributed by atoms with Gasteiger partial charge in [0.15, 0.2) is 0 Å². The third-order valence-corrected chi connectivity index (χ3v) is 2.98. The van der Waals surface area contributed by atoms with Crippen molar-refractivity contribution in [3.63, 3.8) is 0 Å². The molecule has 0 unspecified atom stereocenters. The van der Waals surface area contributed by atoms with Gasteiger partial charge in [0.2, 0.25) is 0 Å². The van der Waals surface area contributed by atoms with E-state index >= 15 is 0 Å². The summed E-state index contributed by atoms with van der Waals surface area (Å²) in [6.07, 6.45) is 0. The highest BCUT2D eigenvalue weighted by Gasteiger charge is 2.07. The highest BCUT2D eigenvalue weighted by molar-refractivity contribution is 7.10. The number of rotatable bonds is 5. The van der Waals surface area contributed by atoms with Gasteiger partial charge in [-0.1, -0.05) is 30.3 Å².